The summed E-state index contributed by atoms with van der Waals surface area (Å²) in [7, 11) is 1.57. The number of benzene rings is 1. The van der Waals surface area contributed by atoms with Crippen molar-refractivity contribution in [2.24, 2.45) is 0 Å². The quantitative estimate of drug-likeness (QED) is 0.828. The number of hydrogen-bond acceptors (Lipinski definition) is 3. The summed E-state index contributed by atoms with van der Waals surface area (Å²) in [6.45, 7) is 2.48. The van der Waals surface area contributed by atoms with Crippen molar-refractivity contribution in [2.75, 3.05) is 26.7 Å². The number of amides is 1. The predicted molar refractivity (Wildman–Crippen MR) is 78.1 cm³/mol. The monoisotopic (exact) mass is 282 g/mol. The molecule has 1 amide bonds. The molecule has 0 bridgehead atoms. The number of hydrogen-bond donors (Lipinski definition) is 2. The lowest BCUT2D eigenvalue weighted by atomic mass is 10.1. The highest BCUT2D eigenvalue weighted by atomic mass is 35.5. The van der Waals surface area contributed by atoms with E-state index < -0.39 is 0 Å². The summed E-state index contributed by atoms with van der Waals surface area (Å²) in [5.74, 6) is 0.515. The van der Waals surface area contributed by atoms with E-state index in [0.29, 0.717) is 17.9 Å². The zero-order valence-corrected chi connectivity index (χ0v) is 11.8. The fraction of sp³-hybridized carbons (Fsp3) is 0.357. The van der Waals surface area contributed by atoms with Gasteiger partial charge in [0.05, 0.1) is 12.7 Å². The summed E-state index contributed by atoms with van der Waals surface area (Å²) in [5, 5.41) is 6.17. The van der Waals surface area contributed by atoms with Crippen LogP contribution in [0.4, 0.5) is 0 Å². The van der Waals surface area contributed by atoms with Gasteiger partial charge in [-0.15, -0.1) is 12.4 Å². The Bertz CT molecular complexity index is 461. The molecule has 0 unspecified atom stereocenters. The Morgan fingerprint density at radius 3 is 2.89 bits per heavy atom. The predicted octanol–water partition coefficient (Wildman–Crippen LogP) is 1.77. The Kier molecular flexibility index (Phi) is 6.39. The van der Waals surface area contributed by atoms with E-state index in [0.717, 1.165) is 19.5 Å². The summed E-state index contributed by atoms with van der Waals surface area (Å²) in [6, 6.07) is 7.25. The van der Waals surface area contributed by atoms with E-state index in [1.165, 1.54) is 5.57 Å². The number of rotatable bonds is 4. The molecule has 0 saturated carbocycles. The minimum Gasteiger partial charge on any atom is -0.496 e. The van der Waals surface area contributed by atoms with Crippen molar-refractivity contribution in [2.45, 2.75) is 6.42 Å². The van der Waals surface area contributed by atoms with Gasteiger partial charge in [-0.05, 0) is 25.1 Å². The smallest absolute Gasteiger partial charge is 0.255 e. The molecule has 0 radical (unpaired) electrons. The van der Waals surface area contributed by atoms with Gasteiger partial charge >= 0.3 is 0 Å². The van der Waals surface area contributed by atoms with Gasteiger partial charge in [0.1, 0.15) is 5.75 Å². The molecule has 19 heavy (non-hydrogen) atoms. The lowest BCUT2D eigenvalue weighted by Gasteiger charge is -2.15. The van der Waals surface area contributed by atoms with Crippen LogP contribution in [-0.2, 0) is 0 Å². The van der Waals surface area contributed by atoms with E-state index in [2.05, 4.69) is 16.7 Å². The number of carbonyl (C=O) groups excluding carboxylic acids is 1. The first-order valence-electron chi connectivity index (χ1n) is 6.11. The number of halogens is 1. The highest BCUT2D eigenvalue weighted by molar-refractivity contribution is 5.97. The average molecular weight is 283 g/mol. The van der Waals surface area contributed by atoms with E-state index in [-0.39, 0.29) is 18.3 Å². The number of para-hydroxylation sites is 1. The molecule has 2 rings (SSSR count). The molecule has 5 heteroatoms. The van der Waals surface area contributed by atoms with Crippen LogP contribution in [0.25, 0.3) is 0 Å². The molecule has 1 aromatic rings. The molecule has 2 N–H and O–H groups in total. The van der Waals surface area contributed by atoms with E-state index in [1.54, 1.807) is 19.2 Å². The summed E-state index contributed by atoms with van der Waals surface area (Å²) in [5.41, 5.74) is 1.85. The van der Waals surface area contributed by atoms with Crippen molar-refractivity contribution < 1.29 is 9.53 Å². The van der Waals surface area contributed by atoms with Crippen molar-refractivity contribution in [3.05, 3.63) is 41.5 Å². The van der Waals surface area contributed by atoms with Crippen molar-refractivity contribution in [1.29, 1.82) is 0 Å². The first-order chi connectivity index (χ1) is 8.81. The van der Waals surface area contributed by atoms with E-state index in [1.807, 2.05) is 12.1 Å². The first kappa shape index (κ1) is 15.5. The van der Waals surface area contributed by atoms with Crippen molar-refractivity contribution >= 4 is 18.3 Å². The topological polar surface area (TPSA) is 50.4 Å². The lowest BCUT2D eigenvalue weighted by molar-refractivity contribution is 0.0953. The Morgan fingerprint density at radius 2 is 2.21 bits per heavy atom. The van der Waals surface area contributed by atoms with Gasteiger partial charge in [-0.25, -0.2) is 0 Å². The van der Waals surface area contributed by atoms with Crippen molar-refractivity contribution in [3.63, 3.8) is 0 Å². The Morgan fingerprint density at radius 1 is 1.42 bits per heavy atom. The number of carbonyl (C=O) groups is 1. The molecule has 1 heterocycles. The Labute approximate surface area is 119 Å². The second kappa shape index (κ2) is 7.81. The maximum atomic E-state index is 12.0. The third-order valence-electron chi connectivity index (χ3n) is 2.99. The highest BCUT2D eigenvalue weighted by Gasteiger charge is 2.11. The molecular formula is C14H19ClN2O2. The molecule has 0 saturated heterocycles. The minimum absolute atomic E-state index is 0. The molecule has 4 nitrogen and oxygen atoms in total. The van der Waals surface area contributed by atoms with E-state index in [9.17, 15) is 4.79 Å². The lowest BCUT2D eigenvalue weighted by Crippen LogP contribution is -2.29. The highest BCUT2D eigenvalue weighted by Crippen LogP contribution is 2.17. The van der Waals surface area contributed by atoms with E-state index in [4.69, 9.17) is 4.74 Å². The van der Waals surface area contributed by atoms with Crippen LogP contribution in [0.3, 0.4) is 0 Å². The van der Waals surface area contributed by atoms with Crippen LogP contribution < -0.4 is 15.4 Å². The zero-order valence-electron chi connectivity index (χ0n) is 10.9. The third kappa shape index (κ3) is 4.26. The van der Waals surface area contributed by atoms with Crippen LogP contribution in [0.15, 0.2) is 35.9 Å². The second-order valence-corrected chi connectivity index (χ2v) is 4.20. The van der Waals surface area contributed by atoms with Gasteiger partial charge in [0.2, 0.25) is 0 Å². The van der Waals surface area contributed by atoms with Crippen molar-refractivity contribution in [1.82, 2.24) is 10.6 Å². The molecule has 104 valence electrons. The molecule has 1 aliphatic heterocycles. The van der Waals surface area contributed by atoms with E-state index >= 15 is 0 Å². The number of methoxy groups -OCH3 is 1. The molecular weight excluding hydrogens is 264 g/mol. The van der Waals surface area contributed by atoms with Crippen LogP contribution in [-0.4, -0.2) is 32.7 Å². The molecule has 0 aromatic heterocycles. The first-order valence-corrected chi connectivity index (χ1v) is 6.11. The van der Waals surface area contributed by atoms with Crippen LogP contribution in [0.5, 0.6) is 5.75 Å². The van der Waals surface area contributed by atoms with Gasteiger partial charge < -0.3 is 15.4 Å². The van der Waals surface area contributed by atoms with Gasteiger partial charge in [-0.3, -0.25) is 4.79 Å². The van der Waals surface area contributed by atoms with Crippen LogP contribution in [0.2, 0.25) is 0 Å². The molecule has 0 atom stereocenters. The van der Waals surface area contributed by atoms with Gasteiger partial charge in [0, 0.05) is 13.1 Å². The second-order valence-electron chi connectivity index (χ2n) is 4.20. The molecule has 1 aliphatic rings. The zero-order chi connectivity index (χ0) is 12.8. The molecule has 1 aromatic carbocycles. The maximum Gasteiger partial charge on any atom is 0.255 e. The van der Waals surface area contributed by atoms with Crippen LogP contribution in [0.1, 0.15) is 16.8 Å². The molecule has 0 fully saturated rings. The average Bonchev–Trinajstić information content (AvgIpc) is 2.45. The fourth-order valence-electron chi connectivity index (χ4n) is 1.95. The molecule has 0 aliphatic carbocycles. The fourth-order valence-corrected chi connectivity index (χ4v) is 1.95. The summed E-state index contributed by atoms with van der Waals surface area (Å²) in [4.78, 5) is 12.0. The van der Waals surface area contributed by atoms with Crippen LogP contribution >= 0.6 is 12.4 Å². The minimum atomic E-state index is -0.0908. The summed E-state index contributed by atoms with van der Waals surface area (Å²) >= 11 is 0. The Balaban J connectivity index is 0.00000180. The third-order valence-corrected chi connectivity index (χ3v) is 2.99. The van der Waals surface area contributed by atoms with Crippen molar-refractivity contribution in [3.8, 4) is 5.75 Å². The normalized spacial score (nSPS) is 14.1. The van der Waals surface area contributed by atoms with Crippen LogP contribution in [0, 0.1) is 0 Å². The Hall–Kier alpha value is -1.52. The number of nitrogens with one attached hydrogen (secondary N) is 2. The van der Waals surface area contributed by atoms with Gasteiger partial charge in [-0.2, -0.15) is 0 Å². The van der Waals surface area contributed by atoms with Gasteiger partial charge in [-0.1, -0.05) is 23.8 Å². The standard InChI is InChI=1S/C14H18N2O2.ClH/c1-18-13-5-3-2-4-12(13)14(17)16-10-11-6-8-15-9-7-11;/h2-6,15H,7-10H2,1H3,(H,16,17);1H. The van der Waals surface area contributed by atoms with Gasteiger partial charge in [0.25, 0.3) is 5.91 Å². The van der Waals surface area contributed by atoms with Gasteiger partial charge in [0.15, 0.2) is 0 Å². The molecule has 0 spiro atoms. The summed E-state index contributed by atoms with van der Waals surface area (Å²) in [6.07, 6.45) is 3.12. The summed E-state index contributed by atoms with van der Waals surface area (Å²) < 4.78 is 5.17. The number of ether oxygens (including phenoxy) is 1. The largest absolute Gasteiger partial charge is 0.496 e. The SMILES string of the molecule is COc1ccccc1C(=O)NCC1=CCNCC1.Cl. The maximum absolute atomic E-state index is 12.0.